The molecule has 0 saturated heterocycles. The monoisotopic (exact) mass is 472 g/mol. The first-order chi connectivity index (χ1) is 15.6. The van der Waals surface area contributed by atoms with Gasteiger partial charge in [0.1, 0.15) is 22.3 Å². The van der Waals surface area contributed by atoms with E-state index in [9.17, 15) is 22.4 Å². The molecule has 0 radical (unpaired) electrons. The molecule has 33 heavy (non-hydrogen) atoms. The van der Waals surface area contributed by atoms with Crippen molar-refractivity contribution in [1.82, 2.24) is 9.78 Å². The Morgan fingerprint density at radius 1 is 1.12 bits per heavy atom. The van der Waals surface area contributed by atoms with Gasteiger partial charge in [-0.2, -0.15) is 9.78 Å². The van der Waals surface area contributed by atoms with Crippen molar-refractivity contribution in [2.75, 3.05) is 17.1 Å². The molecule has 4 rings (SSSR count). The van der Waals surface area contributed by atoms with E-state index in [4.69, 9.17) is 4.74 Å². The first-order valence-electron chi connectivity index (χ1n) is 10.0. The van der Waals surface area contributed by atoms with Gasteiger partial charge in [0, 0.05) is 18.4 Å². The van der Waals surface area contributed by atoms with E-state index in [1.54, 1.807) is 19.9 Å². The van der Waals surface area contributed by atoms with Gasteiger partial charge in [-0.05, 0) is 49.2 Å². The lowest BCUT2D eigenvalue weighted by molar-refractivity contribution is -0.116. The second kappa shape index (κ2) is 8.32. The number of amides is 1. The molecule has 172 valence electrons. The molecule has 11 heteroatoms. The molecule has 2 N–H and O–H groups in total. The fraction of sp³-hybridized carbons (Fsp3) is 0.227. The van der Waals surface area contributed by atoms with Crippen molar-refractivity contribution < 1.29 is 27.1 Å². The fourth-order valence-corrected chi connectivity index (χ4v) is 4.84. The molecule has 1 aliphatic rings. The maximum Gasteiger partial charge on any atom is 0.265 e. The number of carbonyl (C=O) groups excluding carboxylic acids is 2. The third kappa shape index (κ3) is 4.19. The average Bonchev–Trinajstić information content (AvgIpc) is 3.02. The van der Waals surface area contributed by atoms with Crippen molar-refractivity contribution in [3.8, 4) is 16.9 Å². The zero-order chi connectivity index (χ0) is 23.9. The van der Waals surface area contributed by atoms with Crippen LogP contribution in [0.15, 0.2) is 41.3 Å². The number of nitrogens with one attached hydrogen (secondary N) is 2. The van der Waals surface area contributed by atoms with Crippen LogP contribution >= 0.6 is 0 Å². The zero-order valence-corrected chi connectivity index (χ0v) is 18.9. The van der Waals surface area contributed by atoms with Crippen LogP contribution in [0.1, 0.15) is 28.9 Å². The van der Waals surface area contributed by atoms with Gasteiger partial charge in [0.05, 0.1) is 18.5 Å². The third-order valence-electron chi connectivity index (χ3n) is 5.29. The lowest BCUT2D eigenvalue weighted by Gasteiger charge is -2.14. The summed E-state index contributed by atoms with van der Waals surface area (Å²) in [5.41, 5.74) is 1.69. The minimum atomic E-state index is -4.19. The van der Waals surface area contributed by atoms with Crippen LogP contribution in [0.2, 0.25) is 0 Å². The van der Waals surface area contributed by atoms with E-state index in [0.717, 1.165) is 10.7 Å². The minimum Gasteiger partial charge on any atom is -0.495 e. The van der Waals surface area contributed by atoms with Gasteiger partial charge >= 0.3 is 0 Å². The van der Waals surface area contributed by atoms with Crippen LogP contribution in [0.5, 0.6) is 5.75 Å². The van der Waals surface area contributed by atoms with Crippen LogP contribution in [0.25, 0.3) is 11.1 Å². The van der Waals surface area contributed by atoms with Gasteiger partial charge in [0.15, 0.2) is 0 Å². The quantitative estimate of drug-likeness (QED) is 0.587. The number of anilines is 2. The Labute approximate surface area is 189 Å². The largest absolute Gasteiger partial charge is 0.495 e. The number of hydrogen-bond donors (Lipinski definition) is 2. The number of methoxy groups -OCH3 is 1. The van der Waals surface area contributed by atoms with Crippen LogP contribution in [-0.2, 0) is 14.8 Å². The molecule has 0 aliphatic carbocycles. The van der Waals surface area contributed by atoms with Crippen LogP contribution in [0, 0.1) is 19.7 Å². The molecule has 1 aromatic heterocycles. The number of benzene rings is 2. The molecule has 0 atom stereocenters. The van der Waals surface area contributed by atoms with E-state index < -0.39 is 15.8 Å². The lowest BCUT2D eigenvalue weighted by Crippen LogP contribution is -2.15. The Bertz CT molecular complexity index is 1400. The first kappa shape index (κ1) is 22.5. The lowest BCUT2D eigenvalue weighted by atomic mass is 10.1. The Balaban J connectivity index is 1.82. The topological polar surface area (TPSA) is 119 Å². The first-order valence-corrected chi connectivity index (χ1v) is 11.5. The summed E-state index contributed by atoms with van der Waals surface area (Å²) < 4.78 is 49.0. The van der Waals surface area contributed by atoms with Crippen molar-refractivity contribution in [1.29, 1.82) is 0 Å². The molecule has 0 bridgehead atoms. The maximum absolute atomic E-state index is 13.9. The number of sulfonamides is 1. The predicted molar refractivity (Wildman–Crippen MR) is 119 cm³/mol. The predicted octanol–water partition coefficient (Wildman–Crippen LogP) is 3.49. The minimum absolute atomic E-state index is 0.0126. The molecule has 0 unspecified atom stereocenters. The van der Waals surface area contributed by atoms with E-state index in [1.807, 2.05) is 0 Å². The van der Waals surface area contributed by atoms with Crippen molar-refractivity contribution in [3.05, 3.63) is 53.5 Å². The van der Waals surface area contributed by atoms with Crippen LogP contribution < -0.4 is 14.8 Å². The number of nitrogens with zero attached hydrogens (tertiary/aromatic N) is 2. The number of ether oxygens (including phenoxy) is 1. The summed E-state index contributed by atoms with van der Waals surface area (Å²) in [4.78, 5) is 24.3. The zero-order valence-electron chi connectivity index (χ0n) is 18.1. The highest BCUT2D eigenvalue weighted by Crippen LogP contribution is 2.37. The fourth-order valence-electron chi connectivity index (χ4n) is 3.60. The van der Waals surface area contributed by atoms with E-state index in [-0.39, 0.29) is 46.8 Å². The highest BCUT2D eigenvalue weighted by atomic mass is 32.2. The van der Waals surface area contributed by atoms with E-state index in [0.29, 0.717) is 22.4 Å². The number of hydrogen-bond acceptors (Lipinski definition) is 6. The van der Waals surface area contributed by atoms with Crippen molar-refractivity contribution in [2.24, 2.45) is 0 Å². The summed E-state index contributed by atoms with van der Waals surface area (Å²) in [6, 6.07) is 8.44. The van der Waals surface area contributed by atoms with Crippen LogP contribution in [0.3, 0.4) is 0 Å². The third-order valence-corrected chi connectivity index (χ3v) is 6.69. The molecule has 0 fully saturated rings. The highest BCUT2D eigenvalue weighted by molar-refractivity contribution is 7.92. The summed E-state index contributed by atoms with van der Waals surface area (Å²) >= 11 is 0. The molecule has 2 aromatic carbocycles. The van der Waals surface area contributed by atoms with Gasteiger partial charge in [-0.15, -0.1) is 0 Å². The second-order valence-corrected chi connectivity index (χ2v) is 9.25. The van der Waals surface area contributed by atoms with Gasteiger partial charge in [-0.1, -0.05) is 12.1 Å². The summed E-state index contributed by atoms with van der Waals surface area (Å²) in [6.45, 7) is 3.23. The normalized spacial score (nSPS) is 13.8. The van der Waals surface area contributed by atoms with Crippen molar-refractivity contribution in [2.45, 2.75) is 31.6 Å². The maximum atomic E-state index is 13.9. The van der Waals surface area contributed by atoms with Gasteiger partial charge in [-0.3, -0.25) is 14.3 Å². The average molecular weight is 472 g/mol. The molecule has 3 aromatic rings. The number of carbonyl (C=O) groups is 2. The molecule has 0 saturated carbocycles. The summed E-state index contributed by atoms with van der Waals surface area (Å²) in [6.07, 6.45) is 0.0403. The van der Waals surface area contributed by atoms with Crippen molar-refractivity contribution in [3.63, 3.8) is 0 Å². The Kier molecular flexibility index (Phi) is 5.66. The summed E-state index contributed by atoms with van der Waals surface area (Å²) in [5.74, 6) is -0.985. The van der Waals surface area contributed by atoms with Crippen LogP contribution in [-0.4, -0.2) is 37.1 Å². The number of aryl methyl sites for hydroxylation is 2. The van der Waals surface area contributed by atoms with Crippen LogP contribution in [0.4, 0.5) is 15.9 Å². The highest BCUT2D eigenvalue weighted by Gasteiger charge is 2.28. The Morgan fingerprint density at radius 2 is 1.88 bits per heavy atom. The van der Waals surface area contributed by atoms with Gasteiger partial charge in [-0.25, -0.2) is 12.8 Å². The molecule has 9 nitrogen and oxygen atoms in total. The Morgan fingerprint density at radius 3 is 2.58 bits per heavy atom. The van der Waals surface area contributed by atoms with Crippen molar-refractivity contribution >= 4 is 33.3 Å². The molecule has 1 aliphatic heterocycles. The molecular weight excluding hydrogens is 451 g/mol. The summed E-state index contributed by atoms with van der Waals surface area (Å²) in [7, 11) is -2.86. The van der Waals surface area contributed by atoms with E-state index in [1.165, 1.54) is 31.4 Å². The number of rotatable bonds is 5. The molecule has 1 amide bonds. The Hall–Kier alpha value is -3.73. The van der Waals surface area contributed by atoms with E-state index >= 15 is 0 Å². The molecular formula is C22H21FN4O5S. The number of fused-ring (bicyclic) bond motifs is 1. The van der Waals surface area contributed by atoms with E-state index in [2.05, 4.69) is 15.1 Å². The van der Waals surface area contributed by atoms with Gasteiger partial charge < -0.3 is 10.1 Å². The van der Waals surface area contributed by atoms with Gasteiger partial charge in [0.2, 0.25) is 11.8 Å². The smallest absolute Gasteiger partial charge is 0.265 e. The molecule has 0 spiro atoms. The number of aromatic nitrogens is 2. The SMILES string of the molecule is COc1ccc(-c2c(C)nn3c2NC(=O)CCC3=O)cc1S(=O)(=O)Nc1ccc(C)c(F)c1. The number of halogens is 1. The standard InChI is InChI=1S/C22H21FN4O5S/c1-12-4-6-15(11-16(12)23)26-33(30,31)18-10-14(5-7-17(18)32-3)21-13(2)25-27-20(29)9-8-19(28)24-22(21)27/h4-7,10-11,26H,8-9H2,1-3H3,(H,24,28). The molecule has 2 heterocycles. The van der Waals surface area contributed by atoms with Gasteiger partial charge in [0.25, 0.3) is 10.0 Å². The summed E-state index contributed by atoms with van der Waals surface area (Å²) in [5, 5.41) is 6.92. The second-order valence-electron chi connectivity index (χ2n) is 7.60.